The summed E-state index contributed by atoms with van der Waals surface area (Å²) < 4.78 is 26.1. The Morgan fingerprint density at radius 1 is 1.71 bits per heavy atom. The van der Waals surface area contributed by atoms with Crippen LogP contribution in [0.4, 0.5) is 8.78 Å². The van der Waals surface area contributed by atoms with Crippen molar-refractivity contribution in [1.29, 1.82) is 0 Å². The fourth-order valence-corrected chi connectivity index (χ4v) is 0.299. The van der Waals surface area contributed by atoms with E-state index in [0.29, 0.717) is 6.42 Å². The van der Waals surface area contributed by atoms with Crippen molar-refractivity contribution in [2.24, 2.45) is 0 Å². The minimum absolute atomic E-state index is 0.250. The Hall–Kier alpha value is -0.180. The molecule has 1 saturated carbocycles. The molecule has 41 valence electrons. The lowest BCUT2D eigenvalue weighted by Gasteiger charge is -1.94. The quantitative estimate of drug-likeness (QED) is 0.515. The van der Waals surface area contributed by atoms with E-state index in [-0.39, 0.29) is 6.10 Å². The third-order valence-electron chi connectivity index (χ3n) is 0.706. The fourth-order valence-electron chi connectivity index (χ4n) is 0.299. The highest BCUT2D eigenvalue weighted by molar-refractivity contribution is 4.96. The molecule has 0 aromatic heterocycles. The van der Waals surface area contributed by atoms with Crippen molar-refractivity contribution in [3.63, 3.8) is 0 Å². The highest BCUT2D eigenvalue weighted by atomic mass is 19.3. The zero-order valence-electron chi connectivity index (χ0n) is 3.60. The van der Waals surface area contributed by atoms with Gasteiger partial charge in [-0.15, -0.1) is 0 Å². The Balaban J connectivity index is 1.97. The van der Waals surface area contributed by atoms with Gasteiger partial charge in [0.1, 0.15) is 0 Å². The molecule has 0 bridgehead atoms. The third kappa shape index (κ3) is 1.83. The third-order valence-corrected chi connectivity index (χ3v) is 0.706. The standard InChI is InChI=1S/C4H5F2O/c5-4(6)7-3-1-2-3/h1,3-4H,2H2. The summed E-state index contributed by atoms with van der Waals surface area (Å²) in [5.74, 6) is 0. The van der Waals surface area contributed by atoms with Crippen molar-refractivity contribution in [2.45, 2.75) is 19.1 Å². The topological polar surface area (TPSA) is 9.23 Å². The van der Waals surface area contributed by atoms with Gasteiger partial charge >= 0.3 is 6.61 Å². The van der Waals surface area contributed by atoms with Crippen LogP contribution in [0.2, 0.25) is 0 Å². The molecule has 1 fully saturated rings. The lowest BCUT2D eigenvalue weighted by atomic mass is 10.8. The molecule has 0 aliphatic heterocycles. The number of hydrogen-bond acceptors (Lipinski definition) is 1. The van der Waals surface area contributed by atoms with Crippen molar-refractivity contribution in [1.82, 2.24) is 0 Å². The van der Waals surface area contributed by atoms with Gasteiger partial charge in [0.15, 0.2) is 0 Å². The van der Waals surface area contributed by atoms with Crippen LogP contribution in [0.5, 0.6) is 0 Å². The Labute approximate surface area is 40.3 Å². The second-order valence-electron chi connectivity index (χ2n) is 1.41. The molecule has 0 aromatic carbocycles. The van der Waals surface area contributed by atoms with Crippen molar-refractivity contribution < 1.29 is 13.5 Å². The van der Waals surface area contributed by atoms with Crippen LogP contribution in [0.1, 0.15) is 6.42 Å². The van der Waals surface area contributed by atoms with Crippen molar-refractivity contribution in [2.75, 3.05) is 0 Å². The van der Waals surface area contributed by atoms with Gasteiger partial charge in [-0.2, -0.15) is 8.78 Å². The van der Waals surface area contributed by atoms with Gasteiger partial charge in [-0.1, -0.05) is 0 Å². The maximum atomic E-state index is 11.1. The van der Waals surface area contributed by atoms with Crippen LogP contribution in [0.15, 0.2) is 0 Å². The maximum absolute atomic E-state index is 11.1. The van der Waals surface area contributed by atoms with Crippen LogP contribution in [0.3, 0.4) is 0 Å². The van der Waals surface area contributed by atoms with E-state index in [4.69, 9.17) is 0 Å². The summed E-state index contributed by atoms with van der Waals surface area (Å²) in [6, 6.07) is 0. The van der Waals surface area contributed by atoms with Gasteiger partial charge in [0.25, 0.3) is 0 Å². The number of ether oxygens (including phenoxy) is 1. The molecule has 0 saturated heterocycles. The van der Waals surface area contributed by atoms with E-state index in [1.54, 1.807) is 6.42 Å². The summed E-state index contributed by atoms with van der Waals surface area (Å²) in [5.41, 5.74) is 0. The average Bonchev–Trinajstić information content (AvgIpc) is 2.17. The van der Waals surface area contributed by atoms with Crippen LogP contribution in [0.25, 0.3) is 0 Å². The predicted octanol–water partition coefficient (Wildman–Crippen LogP) is 1.20. The van der Waals surface area contributed by atoms with Crippen LogP contribution >= 0.6 is 0 Å². The summed E-state index contributed by atoms with van der Waals surface area (Å²) in [7, 11) is 0. The van der Waals surface area contributed by atoms with Crippen LogP contribution < -0.4 is 0 Å². The second kappa shape index (κ2) is 1.74. The van der Waals surface area contributed by atoms with E-state index in [1.807, 2.05) is 0 Å². The molecule has 0 heterocycles. The van der Waals surface area contributed by atoms with E-state index < -0.39 is 6.61 Å². The van der Waals surface area contributed by atoms with Gasteiger partial charge in [-0.05, 0) is 12.8 Å². The maximum Gasteiger partial charge on any atom is 0.345 e. The molecule has 0 spiro atoms. The Morgan fingerprint density at radius 3 is 2.43 bits per heavy atom. The van der Waals surface area contributed by atoms with Crippen LogP contribution in [0, 0.1) is 6.42 Å². The number of rotatable bonds is 2. The van der Waals surface area contributed by atoms with Gasteiger partial charge < -0.3 is 4.74 Å². The SMILES string of the molecule is FC(F)OC1[CH]C1. The average molecular weight is 107 g/mol. The Kier molecular flexibility index (Phi) is 1.23. The van der Waals surface area contributed by atoms with Gasteiger partial charge in [0, 0.05) is 0 Å². The van der Waals surface area contributed by atoms with E-state index >= 15 is 0 Å². The first-order valence-corrected chi connectivity index (χ1v) is 2.06. The first-order chi connectivity index (χ1) is 3.29. The van der Waals surface area contributed by atoms with E-state index in [1.165, 1.54) is 0 Å². The van der Waals surface area contributed by atoms with Crippen LogP contribution in [-0.2, 0) is 4.74 Å². The highest BCUT2D eigenvalue weighted by Crippen LogP contribution is 2.23. The Bertz CT molecular complexity index is 60.7. The van der Waals surface area contributed by atoms with Crippen molar-refractivity contribution >= 4 is 0 Å². The lowest BCUT2D eigenvalue weighted by Crippen LogP contribution is -1.99. The lowest BCUT2D eigenvalue weighted by molar-refractivity contribution is -0.133. The molecule has 1 radical (unpaired) electrons. The second-order valence-corrected chi connectivity index (χ2v) is 1.41. The van der Waals surface area contributed by atoms with Gasteiger partial charge in [-0.3, -0.25) is 0 Å². The van der Waals surface area contributed by atoms with E-state index in [0.717, 1.165) is 0 Å². The number of alkyl halides is 2. The molecule has 1 rings (SSSR count). The fraction of sp³-hybridized carbons (Fsp3) is 0.750. The minimum Gasteiger partial charge on any atom is -0.319 e. The summed E-state index contributed by atoms with van der Waals surface area (Å²) in [6.07, 6.45) is 2.12. The molecule has 1 atom stereocenters. The molecule has 1 unspecified atom stereocenters. The largest absolute Gasteiger partial charge is 0.345 e. The molecule has 1 aliphatic carbocycles. The molecule has 1 nitrogen and oxygen atoms in total. The summed E-state index contributed by atoms with van der Waals surface area (Å²) >= 11 is 0. The minimum atomic E-state index is -2.59. The van der Waals surface area contributed by atoms with Crippen molar-refractivity contribution in [3.05, 3.63) is 6.42 Å². The van der Waals surface area contributed by atoms with Gasteiger partial charge in [-0.25, -0.2) is 0 Å². The summed E-state index contributed by atoms with van der Waals surface area (Å²) in [4.78, 5) is 0. The molecule has 7 heavy (non-hydrogen) atoms. The molecule has 1 aliphatic rings. The summed E-state index contributed by atoms with van der Waals surface area (Å²) in [5, 5.41) is 0. The number of halogens is 2. The normalized spacial score (nSPS) is 21.0. The van der Waals surface area contributed by atoms with E-state index in [9.17, 15) is 8.78 Å². The highest BCUT2D eigenvalue weighted by Gasteiger charge is 2.26. The van der Waals surface area contributed by atoms with Crippen LogP contribution in [-0.4, -0.2) is 12.7 Å². The number of hydrogen-bond donors (Lipinski definition) is 0. The smallest absolute Gasteiger partial charge is 0.319 e. The molecular weight excluding hydrogens is 102 g/mol. The first kappa shape index (κ1) is 4.97. The molecule has 3 heteroatoms. The predicted molar refractivity (Wildman–Crippen MR) is 19.8 cm³/mol. The van der Waals surface area contributed by atoms with E-state index in [2.05, 4.69) is 4.74 Å². The Morgan fingerprint density at radius 2 is 2.29 bits per heavy atom. The zero-order valence-corrected chi connectivity index (χ0v) is 3.60. The molecule has 0 N–H and O–H groups in total. The van der Waals surface area contributed by atoms with Gasteiger partial charge in [0.05, 0.1) is 6.10 Å². The molecule has 0 amide bonds. The first-order valence-electron chi connectivity index (χ1n) is 2.06. The molecular formula is C4H5F2O. The van der Waals surface area contributed by atoms with Crippen molar-refractivity contribution in [3.8, 4) is 0 Å². The summed E-state index contributed by atoms with van der Waals surface area (Å²) in [6.45, 7) is -2.59. The van der Waals surface area contributed by atoms with Gasteiger partial charge in [0.2, 0.25) is 0 Å². The zero-order chi connectivity index (χ0) is 5.28. The monoisotopic (exact) mass is 107 g/mol. The molecule has 0 aromatic rings.